The van der Waals surface area contributed by atoms with Crippen LogP contribution in [0.5, 0.6) is 0 Å². The number of anilines is 1. The van der Waals surface area contributed by atoms with Crippen LogP contribution in [0.4, 0.5) is 5.69 Å². The van der Waals surface area contributed by atoms with Gasteiger partial charge in [0.25, 0.3) is 0 Å². The molecule has 5 heteroatoms. The zero-order valence-electron chi connectivity index (χ0n) is 8.57. The van der Waals surface area contributed by atoms with Crippen molar-refractivity contribution >= 4 is 17.3 Å². The third kappa shape index (κ3) is 1.55. The number of aromatic nitrogens is 3. The number of rotatable bonds is 2. The fourth-order valence-corrected chi connectivity index (χ4v) is 1.84. The van der Waals surface area contributed by atoms with Gasteiger partial charge in [-0.25, -0.2) is 4.98 Å². The summed E-state index contributed by atoms with van der Waals surface area (Å²) < 4.78 is 0. The summed E-state index contributed by atoms with van der Waals surface area (Å²) in [6.45, 7) is 0. The van der Waals surface area contributed by atoms with Crippen molar-refractivity contribution < 1.29 is 0 Å². The number of halogens is 1. The summed E-state index contributed by atoms with van der Waals surface area (Å²) in [5, 5.41) is 7.67. The highest BCUT2D eigenvalue weighted by Crippen LogP contribution is 2.39. The SMILES string of the molecule is Nc1c(Cl)cccc1-c1n[nH]c(C2CC2)n1. The Morgan fingerprint density at radius 1 is 1.38 bits per heavy atom. The minimum Gasteiger partial charge on any atom is -0.397 e. The molecule has 0 unspecified atom stereocenters. The van der Waals surface area contributed by atoms with E-state index >= 15 is 0 Å². The van der Waals surface area contributed by atoms with Crippen LogP contribution in [0.2, 0.25) is 5.02 Å². The van der Waals surface area contributed by atoms with Gasteiger partial charge in [0.2, 0.25) is 0 Å². The molecule has 1 aromatic carbocycles. The molecule has 0 atom stereocenters. The van der Waals surface area contributed by atoms with Gasteiger partial charge in [-0.2, -0.15) is 5.10 Å². The summed E-state index contributed by atoms with van der Waals surface area (Å²) in [6.07, 6.45) is 2.39. The molecule has 0 bridgehead atoms. The lowest BCUT2D eigenvalue weighted by atomic mass is 10.2. The zero-order valence-corrected chi connectivity index (χ0v) is 9.33. The Morgan fingerprint density at radius 3 is 2.94 bits per heavy atom. The molecule has 0 saturated heterocycles. The highest BCUT2D eigenvalue weighted by Gasteiger charge is 2.27. The van der Waals surface area contributed by atoms with Crippen LogP contribution in [-0.2, 0) is 0 Å². The molecule has 4 nitrogen and oxygen atoms in total. The van der Waals surface area contributed by atoms with Crippen molar-refractivity contribution in [1.29, 1.82) is 0 Å². The number of aromatic amines is 1. The van der Waals surface area contributed by atoms with Crippen LogP contribution in [0.1, 0.15) is 24.6 Å². The molecule has 1 saturated carbocycles. The maximum absolute atomic E-state index is 5.95. The van der Waals surface area contributed by atoms with E-state index in [9.17, 15) is 0 Å². The maximum atomic E-state index is 5.95. The lowest BCUT2D eigenvalue weighted by Gasteiger charge is -2.02. The van der Waals surface area contributed by atoms with E-state index in [0.29, 0.717) is 22.5 Å². The smallest absolute Gasteiger partial charge is 0.183 e. The molecule has 3 rings (SSSR count). The van der Waals surface area contributed by atoms with Crippen molar-refractivity contribution in [2.75, 3.05) is 5.73 Å². The van der Waals surface area contributed by atoms with E-state index < -0.39 is 0 Å². The fourth-order valence-electron chi connectivity index (χ4n) is 1.67. The predicted molar refractivity (Wildman–Crippen MR) is 63.2 cm³/mol. The van der Waals surface area contributed by atoms with Crippen LogP contribution in [0.25, 0.3) is 11.4 Å². The molecule has 3 N–H and O–H groups in total. The Morgan fingerprint density at radius 2 is 2.19 bits per heavy atom. The zero-order chi connectivity index (χ0) is 11.1. The Balaban J connectivity index is 2.03. The molecule has 0 amide bonds. The third-order valence-corrected chi connectivity index (χ3v) is 3.09. The van der Waals surface area contributed by atoms with E-state index in [1.54, 1.807) is 6.07 Å². The monoisotopic (exact) mass is 234 g/mol. The lowest BCUT2D eigenvalue weighted by molar-refractivity contribution is 0.935. The third-order valence-electron chi connectivity index (χ3n) is 2.76. The number of hydrogen-bond donors (Lipinski definition) is 2. The molecule has 1 aliphatic rings. The molecule has 2 aromatic rings. The van der Waals surface area contributed by atoms with Gasteiger partial charge < -0.3 is 5.73 Å². The highest BCUT2D eigenvalue weighted by molar-refractivity contribution is 6.33. The Hall–Kier alpha value is -1.55. The van der Waals surface area contributed by atoms with E-state index in [0.717, 1.165) is 11.4 Å². The normalized spacial score (nSPS) is 15.3. The second-order valence-electron chi connectivity index (χ2n) is 4.02. The number of hydrogen-bond acceptors (Lipinski definition) is 3. The van der Waals surface area contributed by atoms with Gasteiger partial charge in [0.1, 0.15) is 5.82 Å². The largest absolute Gasteiger partial charge is 0.397 e. The van der Waals surface area contributed by atoms with Crippen molar-refractivity contribution in [2.45, 2.75) is 18.8 Å². The first-order valence-corrected chi connectivity index (χ1v) is 5.60. The number of nitrogen functional groups attached to an aromatic ring is 1. The van der Waals surface area contributed by atoms with Crippen LogP contribution < -0.4 is 5.73 Å². The molecule has 0 aliphatic heterocycles. The van der Waals surface area contributed by atoms with Gasteiger partial charge in [-0.3, -0.25) is 5.10 Å². The van der Waals surface area contributed by atoms with Crippen LogP contribution in [-0.4, -0.2) is 15.2 Å². The number of benzene rings is 1. The summed E-state index contributed by atoms with van der Waals surface area (Å²) in [6, 6.07) is 5.48. The molecule has 82 valence electrons. The standard InChI is InChI=1S/C11H11ClN4/c12-8-3-1-2-7(9(8)13)11-14-10(15-16-11)6-4-5-6/h1-3,6H,4-5,13H2,(H,14,15,16). The Bertz CT molecular complexity index is 531. The molecule has 1 heterocycles. The van der Waals surface area contributed by atoms with Crippen LogP contribution in [0.15, 0.2) is 18.2 Å². The van der Waals surface area contributed by atoms with Gasteiger partial charge in [0.15, 0.2) is 5.82 Å². The van der Waals surface area contributed by atoms with E-state index in [-0.39, 0.29) is 0 Å². The molecule has 0 spiro atoms. The second-order valence-corrected chi connectivity index (χ2v) is 4.43. The quantitative estimate of drug-likeness (QED) is 0.785. The first-order valence-electron chi connectivity index (χ1n) is 5.22. The molecule has 1 aliphatic carbocycles. The molecule has 1 aromatic heterocycles. The summed E-state index contributed by atoms with van der Waals surface area (Å²) in [4.78, 5) is 4.44. The molecular weight excluding hydrogens is 224 g/mol. The molecular formula is C11H11ClN4. The van der Waals surface area contributed by atoms with Gasteiger partial charge in [-0.05, 0) is 25.0 Å². The van der Waals surface area contributed by atoms with E-state index in [4.69, 9.17) is 17.3 Å². The highest BCUT2D eigenvalue weighted by atomic mass is 35.5. The maximum Gasteiger partial charge on any atom is 0.183 e. The Kier molecular flexibility index (Phi) is 2.11. The molecule has 16 heavy (non-hydrogen) atoms. The van der Waals surface area contributed by atoms with Crippen molar-refractivity contribution in [3.8, 4) is 11.4 Å². The first kappa shape index (κ1) is 9.66. The predicted octanol–water partition coefficient (Wildman–Crippen LogP) is 2.58. The van der Waals surface area contributed by atoms with E-state index in [2.05, 4.69) is 15.2 Å². The number of nitrogens with zero attached hydrogens (tertiary/aromatic N) is 2. The van der Waals surface area contributed by atoms with Crippen molar-refractivity contribution in [3.63, 3.8) is 0 Å². The minimum absolute atomic E-state index is 0.533. The second kappa shape index (κ2) is 3.49. The summed E-state index contributed by atoms with van der Waals surface area (Å²) in [7, 11) is 0. The van der Waals surface area contributed by atoms with Crippen LogP contribution in [0, 0.1) is 0 Å². The van der Waals surface area contributed by atoms with Gasteiger partial charge in [0.05, 0.1) is 10.7 Å². The van der Waals surface area contributed by atoms with Crippen molar-refractivity contribution in [2.24, 2.45) is 0 Å². The van der Waals surface area contributed by atoms with E-state index in [1.807, 2.05) is 12.1 Å². The average molecular weight is 235 g/mol. The molecule has 0 radical (unpaired) electrons. The van der Waals surface area contributed by atoms with Gasteiger partial charge in [-0.1, -0.05) is 17.7 Å². The summed E-state index contributed by atoms with van der Waals surface area (Å²) in [5.74, 6) is 2.14. The fraction of sp³-hybridized carbons (Fsp3) is 0.273. The van der Waals surface area contributed by atoms with Crippen molar-refractivity contribution in [3.05, 3.63) is 29.0 Å². The van der Waals surface area contributed by atoms with Gasteiger partial charge in [-0.15, -0.1) is 0 Å². The first-order chi connectivity index (χ1) is 7.75. The number of H-pyrrole nitrogens is 1. The number of para-hydroxylation sites is 1. The summed E-state index contributed by atoms with van der Waals surface area (Å²) >= 11 is 5.95. The number of nitrogens with two attached hydrogens (primary N) is 1. The van der Waals surface area contributed by atoms with Crippen LogP contribution in [0.3, 0.4) is 0 Å². The van der Waals surface area contributed by atoms with Gasteiger partial charge in [0, 0.05) is 11.5 Å². The minimum atomic E-state index is 0.533. The van der Waals surface area contributed by atoms with Crippen LogP contribution >= 0.6 is 11.6 Å². The lowest BCUT2D eigenvalue weighted by Crippen LogP contribution is -1.92. The van der Waals surface area contributed by atoms with E-state index in [1.165, 1.54) is 12.8 Å². The van der Waals surface area contributed by atoms with Gasteiger partial charge >= 0.3 is 0 Å². The van der Waals surface area contributed by atoms with Crippen molar-refractivity contribution in [1.82, 2.24) is 15.2 Å². The average Bonchev–Trinajstić information content (AvgIpc) is 3.02. The topological polar surface area (TPSA) is 67.6 Å². The molecule has 1 fully saturated rings. The summed E-state index contributed by atoms with van der Waals surface area (Å²) in [5.41, 5.74) is 7.21. The number of nitrogens with one attached hydrogen (secondary N) is 1. The Labute approximate surface area is 97.8 Å².